The third kappa shape index (κ3) is 3.72. The van der Waals surface area contributed by atoms with Crippen LogP contribution in [0.1, 0.15) is 17.8 Å². The average molecular weight is 560 g/mol. The van der Waals surface area contributed by atoms with E-state index in [-0.39, 0.29) is 27.1 Å². The van der Waals surface area contributed by atoms with Gasteiger partial charge >= 0.3 is 0 Å². The number of benzene rings is 8. The van der Waals surface area contributed by atoms with Gasteiger partial charge in [-0.1, -0.05) is 133 Å². The first-order valence-electron chi connectivity index (χ1n) is 20.2. The quantitative estimate of drug-likeness (QED) is 0.196. The fourth-order valence-electron chi connectivity index (χ4n) is 5.98. The third-order valence-electron chi connectivity index (χ3n) is 7.87. The number of hydrogen-bond acceptors (Lipinski definition) is 1. The number of furan rings is 1. The highest BCUT2D eigenvalue weighted by Gasteiger charge is 2.20. The maximum Gasteiger partial charge on any atom is 0.134 e. The predicted molar refractivity (Wildman–Crippen MR) is 183 cm³/mol. The number of para-hydroxylation sites is 1. The minimum Gasteiger partial charge on any atom is -0.464 e. The molecule has 0 amide bonds. The average Bonchev–Trinajstić information content (AvgIpc) is 3.63. The van der Waals surface area contributed by atoms with E-state index < -0.39 is 89.7 Å². The van der Waals surface area contributed by atoms with E-state index in [2.05, 4.69) is 0 Å². The molecule has 9 rings (SSSR count). The molecule has 0 aliphatic carbocycles. The van der Waals surface area contributed by atoms with Crippen molar-refractivity contribution in [2.75, 3.05) is 0 Å². The van der Waals surface area contributed by atoms with Crippen LogP contribution in [0.4, 0.5) is 0 Å². The molecule has 0 atom stereocenters. The van der Waals surface area contributed by atoms with Crippen molar-refractivity contribution in [3.63, 3.8) is 0 Å². The third-order valence-corrected chi connectivity index (χ3v) is 7.87. The molecular formula is C42H26O. The Hall–Kier alpha value is -5.66. The Kier molecular flexibility index (Phi) is 3.18. The van der Waals surface area contributed by atoms with E-state index in [0.717, 1.165) is 27.3 Å². The van der Waals surface area contributed by atoms with Crippen molar-refractivity contribution >= 4 is 54.1 Å². The van der Waals surface area contributed by atoms with Crippen molar-refractivity contribution in [3.8, 4) is 33.4 Å². The Balaban J connectivity index is 1.45. The van der Waals surface area contributed by atoms with Gasteiger partial charge in [-0.25, -0.2) is 0 Å². The highest BCUT2D eigenvalue weighted by Crippen LogP contribution is 2.47. The second-order valence-electron chi connectivity index (χ2n) is 10.2. The van der Waals surface area contributed by atoms with E-state index in [4.69, 9.17) is 16.8 Å². The maximum absolute atomic E-state index is 9.50. The molecule has 0 aliphatic heterocycles. The minimum atomic E-state index is -0.692. The molecule has 1 aromatic heterocycles. The van der Waals surface area contributed by atoms with Gasteiger partial charge in [0.05, 0.1) is 24.1 Å². The molecule has 43 heavy (non-hydrogen) atoms. The fraction of sp³-hybridized carbons (Fsp3) is 0. The monoisotopic (exact) mass is 559 g/mol. The van der Waals surface area contributed by atoms with E-state index >= 15 is 0 Å². The van der Waals surface area contributed by atoms with Crippen LogP contribution in [0.15, 0.2) is 162 Å². The Morgan fingerprint density at radius 2 is 0.977 bits per heavy atom. The first-order chi connectivity index (χ1) is 26.8. The first-order valence-corrected chi connectivity index (χ1v) is 13.7. The molecule has 0 spiro atoms. The normalized spacial score (nSPS) is 16.0. The molecular weight excluding hydrogens is 520 g/mol. The molecule has 200 valence electrons. The Bertz CT molecular complexity index is 3180. The molecule has 0 saturated heterocycles. The van der Waals surface area contributed by atoms with Crippen LogP contribution in [-0.2, 0) is 0 Å². The van der Waals surface area contributed by atoms with Crippen molar-refractivity contribution < 1.29 is 22.2 Å². The summed E-state index contributed by atoms with van der Waals surface area (Å²) in [6, 6.07) is 14.8. The van der Waals surface area contributed by atoms with Gasteiger partial charge in [-0.05, 0) is 83.5 Å². The van der Waals surface area contributed by atoms with Crippen molar-refractivity contribution in [3.05, 3.63) is 158 Å². The zero-order valence-corrected chi connectivity index (χ0v) is 22.4. The minimum absolute atomic E-state index is 0.0570. The van der Waals surface area contributed by atoms with Gasteiger partial charge in [-0.15, -0.1) is 0 Å². The molecule has 0 bridgehead atoms. The van der Waals surface area contributed by atoms with Gasteiger partial charge in [0.25, 0.3) is 0 Å². The van der Waals surface area contributed by atoms with Crippen LogP contribution in [0.5, 0.6) is 0 Å². The molecule has 1 heteroatoms. The maximum atomic E-state index is 9.50. The number of rotatable bonds is 3. The molecule has 0 fully saturated rings. The smallest absolute Gasteiger partial charge is 0.134 e. The Labute approximate surface area is 267 Å². The van der Waals surface area contributed by atoms with Gasteiger partial charge in [0.2, 0.25) is 0 Å². The largest absolute Gasteiger partial charge is 0.464 e. The van der Waals surface area contributed by atoms with Crippen molar-refractivity contribution in [1.82, 2.24) is 0 Å². The second kappa shape index (κ2) is 9.44. The zero-order chi connectivity index (χ0) is 39.6. The summed E-state index contributed by atoms with van der Waals surface area (Å²) in [4.78, 5) is 0. The Morgan fingerprint density at radius 3 is 1.70 bits per heavy atom. The summed E-state index contributed by atoms with van der Waals surface area (Å²) < 4.78 is 122. The van der Waals surface area contributed by atoms with Gasteiger partial charge in [-0.2, -0.15) is 0 Å². The standard InChI is InChI=1S/C42H26O/c1-2-11-28-24-29(21-20-27(28)10-1)30-22-23-32-31(25-30)12-9-18-34(32)41-35-14-3-5-16-37(35)42(38-17-6-4-15-36(38)41)39-26-43-40-19-8-7-13-33(39)40/h1-26H/i1D,2D,9D,10D,11D,12D,18D,20D,21D,22D,23D,24D,25D. The van der Waals surface area contributed by atoms with Crippen molar-refractivity contribution in [2.45, 2.75) is 0 Å². The lowest BCUT2D eigenvalue weighted by molar-refractivity contribution is 0.617. The van der Waals surface area contributed by atoms with Crippen LogP contribution in [0, 0.1) is 0 Å². The topological polar surface area (TPSA) is 13.1 Å². The van der Waals surface area contributed by atoms with Gasteiger partial charge < -0.3 is 4.42 Å². The van der Waals surface area contributed by atoms with Crippen LogP contribution >= 0.6 is 0 Å². The zero-order valence-electron chi connectivity index (χ0n) is 35.4. The van der Waals surface area contributed by atoms with Crippen LogP contribution in [0.3, 0.4) is 0 Å². The number of hydrogen-bond donors (Lipinski definition) is 0. The summed E-state index contributed by atoms with van der Waals surface area (Å²) in [6.07, 6.45) is 1.70. The Morgan fingerprint density at radius 1 is 0.419 bits per heavy atom. The first kappa shape index (κ1) is 14.5. The van der Waals surface area contributed by atoms with Crippen molar-refractivity contribution in [2.24, 2.45) is 0 Å². The van der Waals surface area contributed by atoms with Gasteiger partial charge in [0, 0.05) is 16.5 Å². The summed E-state index contributed by atoms with van der Waals surface area (Å²) in [7, 11) is 0. The molecule has 8 aromatic carbocycles. The molecule has 1 nitrogen and oxygen atoms in total. The van der Waals surface area contributed by atoms with Crippen LogP contribution in [0.25, 0.3) is 87.4 Å². The van der Waals surface area contributed by atoms with E-state index in [1.165, 1.54) is 0 Å². The van der Waals surface area contributed by atoms with E-state index in [9.17, 15) is 5.48 Å². The molecule has 1 heterocycles. The predicted octanol–water partition coefficient (Wildman–Crippen LogP) is 12.0. The highest BCUT2D eigenvalue weighted by atomic mass is 16.3. The van der Waals surface area contributed by atoms with E-state index in [1.807, 2.05) is 72.8 Å². The van der Waals surface area contributed by atoms with Gasteiger partial charge in [-0.3, -0.25) is 0 Å². The van der Waals surface area contributed by atoms with E-state index in [1.54, 1.807) is 6.26 Å². The molecule has 9 aromatic rings. The summed E-state index contributed by atoms with van der Waals surface area (Å²) >= 11 is 0. The van der Waals surface area contributed by atoms with Crippen LogP contribution < -0.4 is 0 Å². The summed E-state index contributed by atoms with van der Waals surface area (Å²) in [5.41, 5.74) is 1.95. The fourth-order valence-corrected chi connectivity index (χ4v) is 5.98. The molecule has 0 unspecified atom stereocenters. The molecule has 0 saturated carbocycles. The lowest BCUT2D eigenvalue weighted by Crippen LogP contribution is -1.91. The summed E-state index contributed by atoms with van der Waals surface area (Å²) in [6.45, 7) is 0. The van der Waals surface area contributed by atoms with Crippen LogP contribution in [0.2, 0.25) is 0 Å². The molecule has 0 N–H and O–H groups in total. The van der Waals surface area contributed by atoms with Gasteiger partial charge in [0.1, 0.15) is 5.58 Å². The SMILES string of the molecule is [2H]c1c([2H])c([2H])c2c([2H])c(-c3c([2H])c([2H])c4c(-c5c6ccccc6c(-c6coc7ccccc67)c6ccccc56)c([2H])c([2H])c([2H])c4c3[2H])c([2H])c([2H])c2c1[2H]. The number of fused-ring (bicyclic) bond motifs is 5. The highest BCUT2D eigenvalue weighted by molar-refractivity contribution is 6.25. The molecule has 0 radical (unpaired) electrons. The summed E-state index contributed by atoms with van der Waals surface area (Å²) in [5.74, 6) is 0. The van der Waals surface area contributed by atoms with Crippen LogP contribution in [-0.4, -0.2) is 0 Å². The lowest BCUT2D eigenvalue weighted by atomic mass is 9.84. The van der Waals surface area contributed by atoms with Crippen molar-refractivity contribution in [1.29, 1.82) is 0 Å². The summed E-state index contributed by atoms with van der Waals surface area (Å²) in [5, 5.41) is 2.58. The van der Waals surface area contributed by atoms with E-state index in [0.29, 0.717) is 21.9 Å². The lowest BCUT2D eigenvalue weighted by Gasteiger charge is -2.18. The van der Waals surface area contributed by atoms with Gasteiger partial charge in [0.15, 0.2) is 0 Å². The second-order valence-corrected chi connectivity index (χ2v) is 10.2. The molecule has 0 aliphatic rings.